The molecule has 5 aromatic rings. The smallest absolute Gasteiger partial charge is 0.275 e. The van der Waals surface area contributed by atoms with Crippen LogP contribution in [0.1, 0.15) is 20.8 Å². The molecule has 0 saturated heterocycles. The molecule has 3 aromatic carbocycles. The van der Waals surface area contributed by atoms with Gasteiger partial charge in [-0.25, -0.2) is 9.37 Å². The molecule has 196 valence electrons. The molecular weight excluding hydrogens is 519 g/mol. The van der Waals surface area contributed by atoms with E-state index in [2.05, 4.69) is 26.0 Å². The van der Waals surface area contributed by atoms with Crippen molar-refractivity contribution >= 4 is 45.6 Å². The minimum Gasteiger partial charge on any atom is -0.353 e. The minimum atomic E-state index is -0.370. The van der Waals surface area contributed by atoms with Gasteiger partial charge in [-0.3, -0.25) is 19.1 Å². The largest absolute Gasteiger partial charge is 0.353 e. The molecule has 0 radical (unpaired) electrons. The maximum atomic E-state index is 13.2. The van der Waals surface area contributed by atoms with Gasteiger partial charge in [-0.05, 0) is 54.6 Å². The summed E-state index contributed by atoms with van der Waals surface area (Å²) in [6.45, 7) is 0.593. The van der Waals surface area contributed by atoms with Crippen LogP contribution in [0.25, 0.3) is 21.5 Å². The number of nitrogens with one attached hydrogen (secondary N) is 3. The third-order valence-corrected chi connectivity index (χ3v) is 6.60. The fourth-order valence-electron chi connectivity index (χ4n) is 3.81. The number of carbonyl (C=O) groups is 3. The van der Waals surface area contributed by atoms with Crippen LogP contribution in [0.3, 0.4) is 0 Å². The molecule has 2 heterocycles. The predicted octanol–water partition coefficient (Wildman–Crippen LogP) is 4.10. The maximum absolute atomic E-state index is 13.2. The number of fused-ring (bicyclic) bond motifs is 1. The van der Waals surface area contributed by atoms with Gasteiger partial charge in [-0.15, -0.1) is 11.3 Å². The fraction of sp³-hybridized carbons (Fsp3) is 0.107. The molecule has 0 aliphatic carbocycles. The van der Waals surface area contributed by atoms with Crippen LogP contribution in [-0.2, 0) is 11.3 Å². The van der Waals surface area contributed by atoms with Crippen LogP contribution in [0, 0.1) is 5.82 Å². The zero-order valence-electron chi connectivity index (χ0n) is 20.6. The van der Waals surface area contributed by atoms with Crippen LogP contribution in [0.4, 0.5) is 10.1 Å². The Morgan fingerprint density at radius 1 is 0.897 bits per heavy atom. The monoisotopic (exact) mass is 542 g/mol. The number of benzene rings is 3. The van der Waals surface area contributed by atoms with Crippen LogP contribution in [0.15, 0.2) is 84.4 Å². The summed E-state index contributed by atoms with van der Waals surface area (Å²) in [5.41, 5.74) is 2.77. The SMILES string of the molecule is O=C(Cn1cc2cc(NC(=O)c3csc(-c4ccc(F)cc4)n3)ccc2n1)NCCNC(=O)c1ccccc1. The van der Waals surface area contributed by atoms with Gasteiger partial charge >= 0.3 is 0 Å². The summed E-state index contributed by atoms with van der Waals surface area (Å²) in [5.74, 6) is -1.15. The molecule has 39 heavy (non-hydrogen) atoms. The van der Waals surface area contributed by atoms with E-state index in [0.29, 0.717) is 28.3 Å². The molecule has 0 unspecified atom stereocenters. The van der Waals surface area contributed by atoms with Crippen molar-refractivity contribution in [3.8, 4) is 10.6 Å². The van der Waals surface area contributed by atoms with Gasteiger partial charge in [-0.2, -0.15) is 5.10 Å². The number of hydrogen-bond acceptors (Lipinski definition) is 6. The third kappa shape index (κ3) is 6.51. The number of amides is 3. The van der Waals surface area contributed by atoms with E-state index in [9.17, 15) is 18.8 Å². The lowest BCUT2D eigenvalue weighted by Crippen LogP contribution is -2.36. The summed E-state index contributed by atoms with van der Waals surface area (Å²) in [4.78, 5) is 41.5. The Morgan fingerprint density at radius 2 is 1.67 bits per heavy atom. The number of carbonyl (C=O) groups excluding carboxylic acids is 3. The van der Waals surface area contributed by atoms with E-state index < -0.39 is 0 Å². The summed E-state index contributed by atoms with van der Waals surface area (Å²) in [6, 6.07) is 20.0. The second kappa shape index (κ2) is 11.7. The van der Waals surface area contributed by atoms with Crippen LogP contribution >= 0.6 is 11.3 Å². The van der Waals surface area contributed by atoms with Crippen molar-refractivity contribution in [1.82, 2.24) is 25.4 Å². The van der Waals surface area contributed by atoms with Crippen molar-refractivity contribution in [2.45, 2.75) is 6.54 Å². The number of nitrogens with zero attached hydrogens (tertiary/aromatic N) is 3. The molecule has 0 saturated carbocycles. The lowest BCUT2D eigenvalue weighted by Gasteiger charge is -2.07. The molecular formula is C28H23FN6O3S. The first-order chi connectivity index (χ1) is 18.9. The van der Waals surface area contributed by atoms with Gasteiger partial charge < -0.3 is 16.0 Å². The molecule has 11 heteroatoms. The second-order valence-electron chi connectivity index (χ2n) is 8.57. The highest BCUT2D eigenvalue weighted by atomic mass is 32.1. The molecule has 0 atom stereocenters. The average Bonchev–Trinajstić information content (AvgIpc) is 3.59. The zero-order chi connectivity index (χ0) is 27.2. The molecule has 3 amide bonds. The van der Waals surface area contributed by atoms with Crippen molar-refractivity contribution in [2.75, 3.05) is 18.4 Å². The molecule has 0 aliphatic heterocycles. The summed E-state index contributed by atoms with van der Waals surface area (Å²) in [5, 5.41) is 15.8. The Hall–Kier alpha value is -4.90. The van der Waals surface area contributed by atoms with Crippen molar-refractivity contribution in [1.29, 1.82) is 0 Å². The van der Waals surface area contributed by atoms with Crippen LogP contribution in [0.2, 0.25) is 0 Å². The maximum Gasteiger partial charge on any atom is 0.275 e. The lowest BCUT2D eigenvalue weighted by atomic mass is 10.2. The molecule has 3 N–H and O–H groups in total. The Morgan fingerprint density at radius 3 is 2.46 bits per heavy atom. The standard InChI is InChI=1S/C28H23FN6O3S/c29-21-8-6-19(7-9-21)28-33-24(17-39-28)27(38)32-22-10-11-23-20(14-22)15-35(34-23)16-25(36)30-12-13-31-26(37)18-4-2-1-3-5-18/h1-11,14-15,17H,12-13,16H2,(H,30,36)(H,31,37)(H,32,38). The quantitative estimate of drug-likeness (QED) is 0.243. The van der Waals surface area contributed by atoms with Gasteiger partial charge in [0.25, 0.3) is 11.8 Å². The lowest BCUT2D eigenvalue weighted by molar-refractivity contribution is -0.121. The number of rotatable bonds is 9. The van der Waals surface area contributed by atoms with E-state index in [1.165, 1.54) is 28.2 Å². The van der Waals surface area contributed by atoms with E-state index in [1.807, 2.05) is 6.07 Å². The highest BCUT2D eigenvalue weighted by molar-refractivity contribution is 7.13. The Labute approximate surface area is 226 Å². The summed E-state index contributed by atoms with van der Waals surface area (Å²) < 4.78 is 14.7. The topological polar surface area (TPSA) is 118 Å². The van der Waals surface area contributed by atoms with Crippen molar-refractivity contribution in [3.63, 3.8) is 0 Å². The fourth-order valence-corrected chi connectivity index (χ4v) is 4.61. The molecule has 5 rings (SSSR count). The van der Waals surface area contributed by atoms with Crippen LogP contribution < -0.4 is 16.0 Å². The van der Waals surface area contributed by atoms with Gasteiger partial charge in [0, 0.05) is 46.9 Å². The summed E-state index contributed by atoms with van der Waals surface area (Å²) in [7, 11) is 0. The van der Waals surface area contributed by atoms with E-state index in [-0.39, 0.29) is 42.3 Å². The molecule has 0 aliphatic rings. The number of anilines is 1. The molecule has 2 aromatic heterocycles. The van der Waals surface area contributed by atoms with Crippen LogP contribution in [-0.4, -0.2) is 45.6 Å². The Kier molecular flexibility index (Phi) is 7.69. The Balaban J connectivity index is 1.13. The van der Waals surface area contributed by atoms with E-state index in [0.717, 1.165) is 10.9 Å². The average molecular weight is 543 g/mol. The van der Waals surface area contributed by atoms with Gasteiger partial charge in [0.15, 0.2) is 0 Å². The molecule has 0 bridgehead atoms. The number of aromatic nitrogens is 3. The van der Waals surface area contributed by atoms with Crippen molar-refractivity contribution in [2.24, 2.45) is 0 Å². The van der Waals surface area contributed by atoms with Gasteiger partial charge in [0.1, 0.15) is 23.1 Å². The normalized spacial score (nSPS) is 10.8. The number of thiazole rings is 1. The van der Waals surface area contributed by atoms with E-state index in [1.54, 1.807) is 66.2 Å². The third-order valence-electron chi connectivity index (χ3n) is 5.71. The number of hydrogen-bond donors (Lipinski definition) is 3. The molecule has 0 fully saturated rings. The minimum absolute atomic E-state index is 0.00793. The highest BCUT2D eigenvalue weighted by Gasteiger charge is 2.14. The van der Waals surface area contributed by atoms with Gasteiger partial charge in [-0.1, -0.05) is 18.2 Å². The van der Waals surface area contributed by atoms with Crippen LogP contribution in [0.5, 0.6) is 0 Å². The molecule has 0 spiro atoms. The van der Waals surface area contributed by atoms with Gasteiger partial charge in [0.05, 0.1) is 5.52 Å². The van der Waals surface area contributed by atoms with Gasteiger partial charge in [0.2, 0.25) is 5.91 Å². The first-order valence-electron chi connectivity index (χ1n) is 12.0. The highest BCUT2D eigenvalue weighted by Crippen LogP contribution is 2.25. The first kappa shape index (κ1) is 25.7. The predicted molar refractivity (Wildman–Crippen MR) is 147 cm³/mol. The first-order valence-corrected chi connectivity index (χ1v) is 12.9. The van der Waals surface area contributed by atoms with Crippen molar-refractivity contribution in [3.05, 3.63) is 101 Å². The second-order valence-corrected chi connectivity index (χ2v) is 9.43. The summed E-state index contributed by atoms with van der Waals surface area (Å²) in [6.07, 6.45) is 1.72. The zero-order valence-corrected chi connectivity index (χ0v) is 21.4. The summed E-state index contributed by atoms with van der Waals surface area (Å²) >= 11 is 1.30. The van der Waals surface area contributed by atoms with Crippen molar-refractivity contribution < 1.29 is 18.8 Å². The number of halogens is 1. The molecule has 9 nitrogen and oxygen atoms in total. The van der Waals surface area contributed by atoms with E-state index >= 15 is 0 Å². The Bertz CT molecular complexity index is 1630. The van der Waals surface area contributed by atoms with E-state index in [4.69, 9.17) is 0 Å².